The summed E-state index contributed by atoms with van der Waals surface area (Å²) in [5.41, 5.74) is 2.32. The molecule has 2 rings (SSSR count). The molecule has 140 valence electrons. The number of benzene rings is 2. The molecule has 0 aromatic heterocycles. The molecule has 0 aliphatic heterocycles. The molecule has 0 fully saturated rings. The average molecular weight is 355 g/mol. The highest BCUT2D eigenvalue weighted by Crippen LogP contribution is 2.24. The van der Waals surface area contributed by atoms with Crippen LogP contribution in [-0.4, -0.2) is 18.6 Å². The fourth-order valence-corrected chi connectivity index (χ4v) is 2.54. The van der Waals surface area contributed by atoms with Gasteiger partial charge in [0.2, 0.25) is 0 Å². The first-order chi connectivity index (χ1) is 12.3. The van der Waals surface area contributed by atoms with Gasteiger partial charge in [-0.15, -0.1) is 0 Å². The third kappa shape index (κ3) is 5.80. The largest absolute Gasteiger partial charge is 0.494 e. The van der Waals surface area contributed by atoms with E-state index < -0.39 is 6.10 Å². The number of amides is 1. The van der Waals surface area contributed by atoms with Crippen molar-refractivity contribution in [1.82, 2.24) is 5.32 Å². The number of rotatable bonds is 7. The van der Waals surface area contributed by atoms with E-state index in [1.807, 2.05) is 55.5 Å². The van der Waals surface area contributed by atoms with Gasteiger partial charge >= 0.3 is 0 Å². The van der Waals surface area contributed by atoms with Gasteiger partial charge in [-0.2, -0.15) is 0 Å². The molecule has 1 N–H and O–H groups in total. The van der Waals surface area contributed by atoms with Gasteiger partial charge in [0.25, 0.3) is 5.91 Å². The minimum atomic E-state index is -0.564. The molecular weight excluding hydrogens is 326 g/mol. The zero-order valence-corrected chi connectivity index (χ0v) is 16.3. The van der Waals surface area contributed by atoms with Crippen molar-refractivity contribution in [2.45, 2.75) is 52.7 Å². The summed E-state index contributed by atoms with van der Waals surface area (Å²) in [6.07, 6.45) is -0.564. The van der Waals surface area contributed by atoms with Crippen LogP contribution in [0.1, 0.15) is 45.7 Å². The Morgan fingerprint density at radius 3 is 2.38 bits per heavy atom. The van der Waals surface area contributed by atoms with Crippen LogP contribution in [0.15, 0.2) is 48.5 Å². The van der Waals surface area contributed by atoms with Crippen LogP contribution in [0.2, 0.25) is 0 Å². The molecule has 0 aliphatic carbocycles. The second-order valence-electron chi connectivity index (χ2n) is 7.33. The summed E-state index contributed by atoms with van der Waals surface area (Å²) in [7, 11) is 0. The van der Waals surface area contributed by atoms with Crippen molar-refractivity contribution in [2.24, 2.45) is 0 Å². The molecule has 2 aromatic rings. The van der Waals surface area contributed by atoms with Gasteiger partial charge in [-0.1, -0.05) is 45.0 Å². The highest BCUT2D eigenvalue weighted by molar-refractivity contribution is 5.80. The normalized spacial score (nSPS) is 12.3. The number of hydrogen-bond donors (Lipinski definition) is 1. The zero-order chi connectivity index (χ0) is 19.2. The van der Waals surface area contributed by atoms with Crippen molar-refractivity contribution in [3.8, 4) is 11.5 Å². The Morgan fingerprint density at radius 1 is 1.08 bits per heavy atom. The maximum absolute atomic E-state index is 12.3. The predicted octanol–water partition coefficient (Wildman–Crippen LogP) is 4.47. The Labute approximate surface area is 156 Å². The number of ether oxygens (including phenoxy) is 2. The standard InChI is InChI=1S/C22H29NO3/c1-6-25-20-9-7-8-17(14-20)15-23-21(24)16(2)26-19-12-10-18(11-13-19)22(3,4)5/h7-14,16H,6,15H2,1-5H3,(H,23,24). The minimum absolute atomic E-state index is 0.0948. The van der Waals surface area contributed by atoms with Crippen LogP contribution < -0.4 is 14.8 Å². The molecular formula is C22H29NO3. The van der Waals surface area contributed by atoms with Gasteiger partial charge in [0.15, 0.2) is 6.10 Å². The molecule has 0 spiro atoms. The first-order valence-corrected chi connectivity index (χ1v) is 9.06. The summed E-state index contributed by atoms with van der Waals surface area (Å²) in [4.78, 5) is 12.3. The van der Waals surface area contributed by atoms with Crippen molar-refractivity contribution >= 4 is 5.91 Å². The van der Waals surface area contributed by atoms with E-state index in [1.165, 1.54) is 5.56 Å². The Balaban J connectivity index is 1.88. The van der Waals surface area contributed by atoms with Gasteiger partial charge in [-0.3, -0.25) is 4.79 Å². The lowest BCUT2D eigenvalue weighted by molar-refractivity contribution is -0.127. The smallest absolute Gasteiger partial charge is 0.261 e. The van der Waals surface area contributed by atoms with Crippen molar-refractivity contribution < 1.29 is 14.3 Å². The van der Waals surface area contributed by atoms with Crippen LogP contribution in [0.3, 0.4) is 0 Å². The Morgan fingerprint density at radius 2 is 1.77 bits per heavy atom. The molecule has 1 atom stereocenters. The molecule has 4 heteroatoms. The van der Waals surface area contributed by atoms with Crippen LogP contribution in [0.5, 0.6) is 11.5 Å². The van der Waals surface area contributed by atoms with Crippen molar-refractivity contribution in [1.29, 1.82) is 0 Å². The molecule has 4 nitrogen and oxygen atoms in total. The molecule has 0 saturated carbocycles. The Kier molecular flexibility index (Phi) is 6.67. The third-order valence-corrected chi connectivity index (χ3v) is 4.08. The number of hydrogen-bond acceptors (Lipinski definition) is 3. The molecule has 0 bridgehead atoms. The lowest BCUT2D eigenvalue weighted by Gasteiger charge is -2.20. The average Bonchev–Trinajstić information content (AvgIpc) is 2.60. The molecule has 0 saturated heterocycles. The maximum Gasteiger partial charge on any atom is 0.261 e. The minimum Gasteiger partial charge on any atom is -0.494 e. The van der Waals surface area contributed by atoms with Gasteiger partial charge in [0.1, 0.15) is 11.5 Å². The first kappa shape index (κ1) is 19.8. The zero-order valence-electron chi connectivity index (χ0n) is 16.3. The van der Waals surface area contributed by atoms with Crippen LogP contribution in [0, 0.1) is 0 Å². The topological polar surface area (TPSA) is 47.6 Å². The lowest BCUT2D eigenvalue weighted by Crippen LogP contribution is -2.35. The summed E-state index contributed by atoms with van der Waals surface area (Å²) in [6, 6.07) is 15.6. The SMILES string of the molecule is CCOc1cccc(CNC(=O)C(C)Oc2ccc(C(C)(C)C)cc2)c1. The van der Waals surface area contributed by atoms with Crippen LogP contribution in [0.4, 0.5) is 0 Å². The summed E-state index contributed by atoms with van der Waals surface area (Å²) in [6.45, 7) is 11.3. The van der Waals surface area contributed by atoms with Gasteiger partial charge in [0, 0.05) is 6.54 Å². The van der Waals surface area contributed by atoms with E-state index in [0.717, 1.165) is 11.3 Å². The number of carbonyl (C=O) groups excluding carboxylic acids is 1. The lowest BCUT2D eigenvalue weighted by atomic mass is 9.87. The summed E-state index contributed by atoms with van der Waals surface area (Å²) in [5, 5.41) is 2.90. The molecule has 1 unspecified atom stereocenters. The van der Waals surface area contributed by atoms with Crippen LogP contribution in [0.25, 0.3) is 0 Å². The van der Waals surface area contributed by atoms with E-state index in [4.69, 9.17) is 9.47 Å². The van der Waals surface area contributed by atoms with Crippen molar-refractivity contribution in [2.75, 3.05) is 6.61 Å². The van der Waals surface area contributed by atoms with Crippen LogP contribution >= 0.6 is 0 Å². The molecule has 1 amide bonds. The van der Waals surface area contributed by atoms with Gasteiger partial charge in [-0.05, 0) is 54.7 Å². The van der Waals surface area contributed by atoms with Gasteiger partial charge in [-0.25, -0.2) is 0 Å². The first-order valence-electron chi connectivity index (χ1n) is 9.06. The van der Waals surface area contributed by atoms with Gasteiger partial charge in [0.05, 0.1) is 6.61 Å². The van der Waals surface area contributed by atoms with E-state index >= 15 is 0 Å². The third-order valence-electron chi connectivity index (χ3n) is 4.08. The van der Waals surface area contributed by atoms with Crippen molar-refractivity contribution in [3.63, 3.8) is 0 Å². The summed E-state index contributed by atoms with van der Waals surface area (Å²) < 4.78 is 11.2. The van der Waals surface area contributed by atoms with E-state index in [9.17, 15) is 4.79 Å². The molecule has 0 aliphatic rings. The highest BCUT2D eigenvalue weighted by atomic mass is 16.5. The summed E-state index contributed by atoms with van der Waals surface area (Å²) in [5.74, 6) is 1.35. The maximum atomic E-state index is 12.3. The fourth-order valence-electron chi connectivity index (χ4n) is 2.54. The van der Waals surface area contributed by atoms with E-state index in [2.05, 4.69) is 26.1 Å². The Hall–Kier alpha value is -2.49. The molecule has 0 radical (unpaired) electrons. The second-order valence-corrected chi connectivity index (χ2v) is 7.33. The predicted molar refractivity (Wildman–Crippen MR) is 105 cm³/mol. The number of carbonyl (C=O) groups is 1. The van der Waals surface area contributed by atoms with Gasteiger partial charge < -0.3 is 14.8 Å². The molecule has 2 aromatic carbocycles. The Bertz CT molecular complexity index is 717. The van der Waals surface area contributed by atoms with E-state index in [0.29, 0.717) is 18.9 Å². The molecule has 26 heavy (non-hydrogen) atoms. The fraction of sp³-hybridized carbons (Fsp3) is 0.409. The highest BCUT2D eigenvalue weighted by Gasteiger charge is 2.16. The van der Waals surface area contributed by atoms with E-state index in [1.54, 1.807) is 6.92 Å². The number of nitrogens with one attached hydrogen (secondary N) is 1. The quantitative estimate of drug-likeness (QED) is 0.797. The van der Waals surface area contributed by atoms with Crippen LogP contribution in [-0.2, 0) is 16.8 Å². The second kappa shape index (κ2) is 8.75. The summed E-state index contributed by atoms with van der Waals surface area (Å²) >= 11 is 0. The monoisotopic (exact) mass is 355 g/mol. The van der Waals surface area contributed by atoms with Crippen molar-refractivity contribution in [3.05, 3.63) is 59.7 Å². The van der Waals surface area contributed by atoms with E-state index in [-0.39, 0.29) is 11.3 Å². The molecule has 0 heterocycles.